The van der Waals surface area contributed by atoms with Gasteiger partial charge in [0.25, 0.3) is 0 Å². The number of carboxylic acid groups (broad SMARTS) is 1. The molecule has 2 unspecified atom stereocenters. The van der Waals surface area contributed by atoms with Gasteiger partial charge >= 0.3 is 6.09 Å². The van der Waals surface area contributed by atoms with Gasteiger partial charge in [0.15, 0.2) is 0 Å². The van der Waals surface area contributed by atoms with E-state index < -0.39 is 6.09 Å². The lowest BCUT2D eigenvalue weighted by molar-refractivity contribution is -0.212. The fourth-order valence-corrected chi connectivity index (χ4v) is 6.20. The highest BCUT2D eigenvalue weighted by Gasteiger charge is 2.64. The van der Waals surface area contributed by atoms with Crippen LogP contribution >= 0.6 is 0 Å². The molecule has 2 atom stereocenters. The number of hydrazine groups is 1. The Morgan fingerprint density at radius 3 is 2.54 bits per heavy atom. The number of rotatable bonds is 2. The highest BCUT2D eigenvalue weighted by atomic mass is 16.4. The number of nitrogens with one attached hydrogen (secondary N) is 1. The molecule has 2 aliphatic heterocycles. The predicted octanol–water partition coefficient (Wildman–Crippen LogP) is 3.58. The van der Waals surface area contributed by atoms with E-state index in [1.807, 2.05) is 5.01 Å². The summed E-state index contributed by atoms with van der Waals surface area (Å²) < 4.78 is 0. The van der Waals surface area contributed by atoms with Gasteiger partial charge in [-0.15, -0.1) is 0 Å². The van der Waals surface area contributed by atoms with Gasteiger partial charge in [-0.25, -0.2) is 9.80 Å². The van der Waals surface area contributed by atoms with Crippen molar-refractivity contribution in [3.8, 4) is 0 Å². The third-order valence-electron chi connectivity index (χ3n) is 6.93. The van der Waals surface area contributed by atoms with Crippen molar-refractivity contribution in [1.29, 1.82) is 0 Å². The van der Waals surface area contributed by atoms with Crippen LogP contribution in [0.1, 0.15) is 64.1 Å². The molecule has 0 aromatic heterocycles. The number of hydrogen-bond acceptors (Lipinski definition) is 3. The number of carbonyl (C=O) groups is 2. The van der Waals surface area contributed by atoms with Crippen molar-refractivity contribution in [3.05, 3.63) is 35.4 Å². The lowest BCUT2D eigenvalue weighted by Crippen LogP contribution is -2.78. The third kappa shape index (κ3) is 2.98. The summed E-state index contributed by atoms with van der Waals surface area (Å²) in [4.78, 5) is 26.2. The first-order valence-electron chi connectivity index (χ1n) is 10.3. The first kappa shape index (κ1) is 19.2. The van der Waals surface area contributed by atoms with Gasteiger partial charge in [-0.2, -0.15) is 0 Å². The van der Waals surface area contributed by atoms with Gasteiger partial charge in [-0.05, 0) is 42.7 Å². The van der Waals surface area contributed by atoms with Gasteiger partial charge in [0.05, 0.1) is 6.04 Å². The van der Waals surface area contributed by atoms with Crippen molar-refractivity contribution in [1.82, 2.24) is 15.3 Å². The highest BCUT2D eigenvalue weighted by molar-refractivity contribution is 5.78. The average molecular weight is 386 g/mol. The maximum atomic E-state index is 13.0. The Balaban J connectivity index is 1.52. The second-order valence-corrected chi connectivity index (χ2v) is 9.91. The van der Waals surface area contributed by atoms with Crippen LogP contribution in [0.5, 0.6) is 0 Å². The summed E-state index contributed by atoms with van der Waals surface area (Å²) in [7, 11) is 0. The molecule has 2 heterocycles. The van der Waals surface area contributed by atoms with Gasteiger partial charge < -0.3 is 10.0 Å². The van der Waals surface area contributed by atoms with E-state index in [2.05, 4.69) is 62.3 Å². The average Bonchev–Trinajstić information content (AvgIpc) is 2.65. The molecule has 1 saturated carbocycles. The summed E-state index contributed by atoms with van der Waals surface area (Å²) in [6.45, 7) is 9.37. The number of nitrogens with zero attached hydrogens (tertiary/aromatic N) is 2. The summed E-state index contributed by atoms with van der Waals surface area (Å²) in [5, 5.41) is 11.0. The molecular formula is C22H31N3O3. The van der Waals surface area contributed by atoms with Crippen LogP contribution in [0.4, 0.5) is 4.79 Å². The van der Waals surface area contributed by atoms with E-state index in [4.69, 9.17) is 5.11 Å². The zero-order valence-corrected chi connectivity index (χ0v) is 17.2. The fraction of sp³-hybridized carbons (Fsp3) is 0.636. The largest absolute Gasteiger partial charge is 0.464 e. The van der Waals surface area contributed by atoms with Gasteiger partial charge in [-0.3, -0.25) is 10.2 Å². The van der Waals surface area contributed by atoms with E-state index in [0.29, 0.717) is 6.42 Å². The van der Waals surface area contributed by atoms with E-state index in [1.54, 1.807) is 0 Å². The number of carbonyl (C=O) groups excluding carboxylic acids is 1. The van der Waals surface area contributed by atoms with Crippen molar-refractivity contribution < 1.29 is 14.7 Å². The Morgan fingerprint density at radius 1 is 1.21 bits per heavy atom. The third-order valence-corrected chi connectivity index (χ3v) is 6.93. The molecule has 1 aromatic rings. The maximum absolute atomic E-state index is 13.0. The van der Waals surface area contributed by atoms with E-state index >= 15 is 0 Å². The fourth-order valence-electron chi connectivity index (χ4n) is 6.20. The Labute approximate surface area is 166 Å². The lowest BCUT2D eigenvalue weighted by Gasteiger charge is -2.69. The first-order chi connectivity index (χ1) is 13.1. The van der Waals surface area contributed by atoms with Crippen molar-refractivity contribution in [2.75, 3.05) is 6.54 Å². The van der Waals surface area contributed by atoms with Crippen molar-refractivity contribution in [2.45, 2.75) is 71.5 Å². The van der Waals surface area contributed by atoms with E-state index in [-0.39, 0.29) is 34.9 Å². The van der Waals surface area contributed by atoms with Crippen molar-refractivity contribution in [3.63, 3.8) is 0 Å². The predicted molar refractivity (Wildman–Crippen MR) is 107 cm³/mol. The lowest BCUT2D eigenvalue weighted by atomic mass is 9.51. The quantitative estimate of drug-likeness (QED) is 0.816. The molecule has 28 heavy (non-hydrogen) atoms. The number of benzene rings is 1. The number of fused-ring (bicyclic) bond motifs is 1. The van der Waals surface area contributed by atoms with Gasteiger partial charge in [-0.1, -0.05) is 45.0 Å². The maximum Gasteiger partial charge on any atom is 0.419 e. The smallest absolute Gasteiger partial charge is 0.419 e. The molecule has 2 N–H and O–H groups in total. The van der Waals surface area contributed by atoms with Crippen LogP contribution in [0.15, 0.2) is 24.3 Å². The minimum atomic E-state index is -1.01. The van der Waals surface area contributed by atoms with Crippen LogP contribution < -0.4 is 5.43 Å². The molecule has 3 aliphatic rings. The summed E-state index contributed by atoms with van der Waals surface area (Å²) >= 11 is 0. The molecule has 6 heteroatoms. The highest BCUT2D eigenvalue weighted by Crippen LogP contribution is 2.59. The molecule has 2 fully saturated rings. The van der Waals surface area contributed by atoms with E-state index in [9.17, 15) is 9.59 Å². The Hall–Kier alpha value is -2.08. The van der Waals surface area contributed by atoms with Gasteiger partial charge in [0, 0.05) is 30.5 Å². The van der Waals surface area contributed by atoms with Crippen LogP contribution in [-0.2, 0) is 11.2 Å². The van der Waals surface area contributed by atoms with Crippen molar-refractivity contribution in [2.24, 2.45) is 10.8 Å². The Morgan fingerprint density at radius 2 is 1.89 bits per heavy atom. The second-order valence-electron chi connectivity index (χ2n) is 9.91. The molecular weight excluding hydrogens is 354 g/mol. The zero-order valence-electron chi connectivity index (χ0n) is 17.2. The molecule has 1 aliphatic carbocycles. The molecule has 6 nitrogen and oxygen atoms in total. The molecule has 4 rings (SSSR count). The first-order valence-corrected chi connectivity index (χ1v) is 10.3. The molecule has 0 radical (unpaired) electrons. The van der Waals surface area contributed by atoms with E-state index in [0.717, 1.165) is 25.8 Å². The van der Waals surface area contributed by atoms with Crippen LogP contribution in [0, 0.1) is 10.8 Å². The molecule has 1 spiro atoms. The zero-order chi connectivity index (χ0) is 20.3. The summed E-state index contributed by atoms with van der Waals surface area (Å²) in [5.74, 6) is 0.246. The summed E-state index contributed by atoms with van der Waals surface area (Å²) in [5.41, 5.74) is 5.18. The molecule has 152 valence electrons. The minimum absolute atomic E-state index is 0.0350. The SMILES string of the molecule is CC1c2ccccc2CCC(=O)N1C1CC2(C1)CN(NC(=O)O)C2C(C)(C)C. The van der Waals surface area contributed by atoms with Crippen LogP contribution in [0.2, 0.25) is 0 Å². The molecule has 0 bridgehead atoms. The molecule has 1 aromatic carbocycles. The summed E-state index contributed by atoms with van der Waals surface area (Å²) in [6.07, 6.45) is 2.28. The van der Waals surface area contributed by atoms with Crippen LogP contribution in [0.3, 0.4) is 0 Å². The van der Waals surface area contributed by atoms with Gasteiger partial charge in [0.1, 0.15) is 0 Å². The van der Waals surface area contributed by atoms with Crippen LogP contribution in [-0.4, -0.2) is 45.6 Å². The van der Waals surface area contributed by atoms with Crippen LogP contribution in [0.25, 0.3) is 0 Å². The van der Waals surface area contributed by atoms with E-state index in [1.165, 1.54) is 11.1 Å². The molecule has 2 amide bonds. The summed E-state index contributed by atoms with van der Waals surface area (Å²) in [6, 6.07) is 8.89. The normalized spacial score (nSPS) is 32.9. The standard InChI is InChI=1S/C22H31N3O3/c1-14-17-8-6-5-7-15(17)9-10-18(26)25(14)16-11-22(12-16)13-24(23-20(27)28)19(22)21(2,3)4/h5-8,14,16,19,23H,9-13H2,1-4H3,(H,27,28). The second kappa shape index (κ2) is 6.48. The number of aryl methyl sites for hydroxylation is 1. The molecule has 1 saturated heterocycles. The number of amides is 2. The Kier molecular flexibility index (Phi) is 4.45. The monoisotopic (exact) mass is 385 g/mol. The minimum Gasteiger partial charge on any atom is -0.464 e. The van der Waals surface area contributed by atoms with Crippen molar-refractivity contribution >= 4 is 12.0 Å². The topological polar surface area (TPSA) is 72.9 Å². The van der Waals surface area contributed by atoms with Gasteiger partial charge in [0.2, 0.25) is 5.91 Å². The number of hydrogen-bond donors (Lipinski definition) is 2. The Bertz CT molecular complexity index is 794.